The Labute approximate surface area is 231 Å². The number of benzene rings is 4. The van der Waals surface area contributed by atoms with Crippen molar-refractivity contribution in [3.63, 3.8) is 0 Å². The summed E-state index contributed by atoms with van der Waals surface area (Å²) >= 11 is 6.43. The number of carbonyl (C=O) groups excluding carboxylic acids is 2. The molecule has 1 amide bonds. The highest BCUT2D eigenvalue weighted by Crippen LogP contribution is 2.29. The quantitative estimate of drug-likeness (QED) is 0.331. The van der Waals surface area contributed by atoms with E-state index >= 15 is 0 Å². The number of halogens is 1. The van der Waals surface area contributed by atoms with Crippen molar-refractivity contribution in [1.82, 2.24) is 0 Å². The molecule has 0 saturated carbocycles. The molecule has 2 N–H and O–H groups in total. The Morgan fingerprint density at radius 2 is 1.64 bits per heavy atom. The third-order valence-corrected chi connectivity index (χ3v) is 8.22. The summed E-state index contributed by atoms with van der Waals surface area (Å²) in [4.78, 5) is 26.6. The second-order valence-electron chi connectivity index (χ2n) is 10.3. The standard InChI is InChI=1S/C34H28ClNO3/c1-19-7-3-4-8-23(19)34(39)36-21-13-14-22(20(2)17-21)33(38)28-11-5-10-26-25(28)15-16-27-24-9-6-12-30(35)29(24)18-31(37)32(26)27/h3-4,6-9,12-18,31,37H,5,10-11H2,1-2H3,(H,36,39). The molecule has 0 heterocycles. The lowest BCUT2D eigenvalue weighted by Gasteiger charge is -2.23. The second-order valence-corrected chi connectivity index (χ2v) is 10.7. The van der Waals surface area contributed by atoms with Crippen molar-refractivity contribution in [1.29, 1.82) is 0 Å². The highest BCUT2D eigenvalue weighted by Gasteiger charge is 2.24. The maximum absolute atomic E-state index is 13.9. The number of hydrogen-bond acceptors (Lipinski definition) is 3. The zero-order valence-corrected chi connectivity index (χ0v) is 22.6. The van der Waals surface area contributed by atoms with E-state index < -0.39 is 6.10 Å². The molecule has 0 spiro atoms. The first-order valence-corrected chi connectivity index (χ1v) is 13.6. The number of ketones is 1. The van der Waals surface area contributed by atoms with Crippen LogP contribution < -0.4 is 15.8 Å². The summed E-state index contributed by atoms with van der Waals surface area (Å²) in [6.45, 7) is 3.80. The average Bonchev–Trinajstić information content (AvgIpc) is 2.93. The Morgan fingerprint density at radius 3 is 2.44 bits per heavy atom. The second kappa shape index (κ2) is 9.96. The number of fused-ring (bicyclic) bond motifs is 4. The van der Waals surface area contributed by atoms with Gasteiger partial charge in [0.05, 0.1) is 6.10 Å². The fraction of sp³-hybridized carbons (Fsp3) is 0.176. The molecule has 0 radical (unpaired) electrons. The van der Waals surface area contributed by atoms with Gasteiger partial charge in [0.2, 0.25) is 0 Å². The highest BCUT2D eigenvalue weighted by atomic mass is 35.5. The van der Waals surface area contributed by atoms with E-state index in [0.717, 1.165) is 61.5 Å². The monoisotopic (exact) mass is 533 g/mol. The summed E-state index contributed by atoms with van der Waals surface area (Å²) in [7, 11) is 0. The van der Waals surface area contributed by atoms with Gasteiger partial charge in [-0.25, -0.2) is 0 Å². The summed E-state index contributed by atoms with van der Waals surface area (Å²) in [6.07, 6.45) is 3.35. The number of nitrogens with one attached hydrogen (secondary N) is 1. The molecular formula is C34H28ClNO3. The van der Waals surface area contributed by atoms with Crippen molar-refractivity contribution in [2.24, 2.45) is 0 Å². The molecule has 2 aliphatic carbocycles. The molecule has 4 aromatic carbocycles. The van der Waals surface area contributed by atoms with Crippen molar-refractivity contribution < 1.29 is 14.7 Å². The molecule has 2 aliphatic rings. The normalized spacial score (nSPS) is 15.5. The van der Waals surface area contributed by atoms with Crippen LogP contribution in [-0.4, -0.2) is 16.8 Å². The predicted octanol–water partition coefficient (Wildman–Crippen LogP) is 5.69. The van der Waals surface area contributed by atoms with Crippen LogP contribution in [0.15, 0.2) is 72.8 Å². The molecule has 0 saturated heterocycles. The van der Waals surface area contributed by atoms with Crippen molar-refractivity contribution in [2.45, 2.75) is 39.2 Å². The van der Waals surface area contributed by atoms with E-state index in [9.17, 15) is 14.7 Å². The molecule has 6 rings (SSSR count). The molecule has 1 unspecified atom stereocenters. The lowest BCUT2D eigenvalue weighted by Crippen LogP contribution is -2.27. The van der Waals surface area contributed by atoms with E-state index in [1.54, 1.807) is 18.2 Å². The van der Waals surface area contributed by atoms with Crippen LogP contribution >= 0.6 is 11.6 Å². The van der Waals surface area contributed by atoms with Crippen LogP contribution in [-0.2, 0) is 6.42 Å². The van der Waals surface area contributed by atoms with Gasteiger partial charge < -0.3 is 10.4 Å². The Morgan fingerprint density at radius 1 is 0.846 bits per heavy atom. The molecule has 0 aliphatic heterocycles. The SMILES string of the molecule is Cc1ccccc1C(=O)Nc1ccc(C(=O)C2=c3ccc4c(c3CCC2)C(O)C=c2c(Cl)cccc2=4)c(C)c1. The number of rotatable bonds is 4. The van der Waals surface area contributed by atoms with Crippen LogP contribution in [0.1, 0.15) is 61.9 Å². The summed E-state index contributed by atoms with van der Waals surface area (Å²) in [5.74, 6) is -0.187. The molecule has 1 atom stereocenters. The fourth-order valence-corrected chi connectivity index (χ4v) is 6.21. The first-order chi connectivity index (χ1) is 18.8. The van der Waals surface area contributed by atoms with Crippen LogP contribution in [0, 0.1) is 24.3 Å². The number of anilines is 1. The first-order valence-electron chi connectivity index (χ1n) is 13.2. The van der Waals surface area contributed by atoms with E-state index in [4.69, 9.17) is 11.6 Å². The lowest BCUT2D eigenvalue weighted by atomic mass is 9.82. The van der Waals surface area contributed by atoms with Gasteiger partial charge in [-0.3, -0.25) is 9.59 Å². The van der Waals surface area contributed by atoms with Gasteiger partial charge in [-0.15, -0.1) is 0 Å². The smallest absolute Gasteiger partial charge is 0.255 e. The molecule has 5 heteroatoms. The maximum atomic E-state index is 13.9. The summed E-state index contributed by atoms with van der Waals surface area (Å²) in [5.41, 5.74) is 6.28. The molecule has 4 nitrogen and oxygen atoms in total. The van der Waals surface area contributed by atoms with Crippen LogP contribution in [0.4, 0.5) is 5.69 Å². The van der Waals surface area contributed by atoms with E-state index in [1.807, 2.05) is 74.5 Å². The average molecular weight is 534 g/mol. The van der Waals surface area contributed by atoms with Gasteiger partial charge >= 0.3 is 0 Å². The number of hydrogen-bond donors (Lipinski definition) is 2. The Balaban J connectivity index is 1.40. The molecule has 194 valence electrons. The number of aliphatic hydroxyl groups excluding tert-OH is 1. The van der Waals surface area contributed by atoms with Gasteiger partial charge in [0.15, 0.2) is 5.78 Å². The van der Waals surface area contributed by atoms with Crippen molar-refractivity contribution in [2.75, 3.05) is 5.32 Å². The van der Waals surface area contributed by atoms with Gasteiger partial charge in [-0.05, 0) is 113 Å². The van der Waals surface area contributed by atoms with Crippen LogP contribution in [0.25, 0.3) is 11.6 Å². The van der Waals surface area contributed by atoms with E-state index in [-0.39, 0.29) is 11.7 Å². The Kier molecular flexibility index (Phi) is 6.46. The molecule has 4 aromatic rings. The molecular weight excluding hydrogens is 506 g/mol. The van der Waals surface area contributed by atoms with Gasteiger partial charge in [0, 0.05) is 27.4 Å². The van der Waals surface area contributed by atoms with Crippen LogP contribution in [0.5, 0.6) is 0 Å². The third kappa shape index (κ3) is 4.40. The van der Waals surface area contributed by atoms with Gasteiger partial charge in [-0.2, -0.15) is 0 Å². The predicted molar refractivity (Wildman–Crippen MR) is 155 cm³/mol. The van der Waals surface area contributed by atoms with E-state index in [1.165, 1.54) is 0 Å². The molecule has 0 aromatic heterocycles. The topological polar surface area (TPSA) is 66.4 Å². The summed E-state index contributed by atoms with van der Waals surface area (Å²) < 4.78 is 0. The Bertz CT molecular complexity index is 1910. The molecule has 0 bridgehead atoms. The summed E-state index contributed by atoms with van der Waals surface area (Å²) in [6, 6.07) is 22.7. The number of Topliss-reactive ketones (excluding diaryl/α,β-unsaturated/α-hetero) is 1. The van der Waals surface area contributed by atoms with Gasteiger partial charge in [0.25, 0.3) is 5.91 Å². The zero-order valence-electron chi connectivity index (χ0n) is 21.8. The fourth-order valence-electron chi connectivity index (χ4n) is 5.97. The third-order valence-electron chi connectivity index (χ3n) is 7.89. The van der Waals surface area contributed by atoms with Crippen molar-refractivity contribution >= 4 is 40.6 Å². The van der Waals surface area contributed by atoms with Crippen molar-refractivity contribution in [3.8, 4) is 0 Å². The van der Waals surface area contributed by atoms with E-state index in [2.05, 4.69) is 5.32 Å². The Hall–Kier alpha value is -3.99. The van der Waals surface area contributed by atoms with Crippen molar-refractivity contribution in [3.05, 3.63) is 132 Å². The maximum Gasteiger partial charge on any atom is 0.255 e. The first kappa shape index (κ1) is 25.3. The highest BCUT2D eigenvalue weighted by molar-refractivity contribution is 6.30. The lowest BCUT2D eigenvalue weighted by molar-refractivity contribution is 0.102. The number of amides is 1. The minimum Gasteiger partial charge on any atom is -0.384 e. The van der Waals surface area contributed by atoms with Crippen LogP contribution in [0.3, 0.4) is 0 Å². The minimum atomic E-state index is -0.783. The van der Waals surface area contributed by atoms with E-state index in [0.29, 0.717) is 28.3 Å². The minimum absolute atomic E-state index is 0.0112. The number of aryl methyl sites for hydroxylation is 2. The van der Waals surface area contributed by atoms with Gasteiger partial charge in [-0.1, -0.05) is 54.1 Å². The zero-order chi connectivity index (χ0) is 27.3. The largest absolute Gasteiger partial charge is 0.384 e. The van der Waals surface area contributed by atoms with Gasteiger partial charge in [0.1, 0.15) is 0 Å². The summed E-state index contributed by atoms with van der Waals surface area (Å²) in [5, 5.41) is 18.4. The molecule has 39 heavy (non-hydrogen) atoms. The number of aliphatic hydroxyl groups is 1. The molecule has 0 fully saturated rings. The number of carbonyl (C=O) groups is 2. The van der Waals surface area contributed by atoms with Crippen LogP contribution in [0.2, 0.25) is 5.02 Å².